The fraction of sp³-hybridized carbons (Fsp3) is 1.00. The van der Waals surface area contributed by atoms with Gasteiger partial charge in [0, 0.05) is 6.54 Å². The lowest BCUT2D eigenvalue weighted by molar-refractivity contribution is 0.0534. The van der Waals surface area contributed by atoms with Gasteiger partial charge in [-0.2, -0.15) is 0 Å². The summed E-state index contributed by atoms with van der Waals surface area (Å²) in [5, 5.41) is 3.34. The highest BCUT2D eigenvalue weighted by atomic mass is 15.1. The Hall–Kier alpha value is -0.0800. The van der Waals surface area contributed by atoms with E-state index >= 15 is 0 Å². The number of nitrogens with zero attached hydrogens (tertiary/aromatic N) is 1. The molecular formula is C14H30N2. The molecule has 0 aliphatic carbocycles. The molecule has 0 amide bonds. The largest absolute Gasteiger partial charge is 0.319 e. The lowest BCUT2D eigenvalue weighted by Crippen LogP contribution is -2.48. The molecule has 1 saturated heterocycles. The SMILES string of the molecule is CNCC1CCN(CCC(C)C)CC1(C)C. The molecule has 16 heavy (non-hydrogen) atoms. The van der Waals surface area contributed by atoms with E-state index < -0.39 is 0 Å². The van der Waals surface area contributed by atoms with Crippen molar-refractivity contribution in [2.75, 3.05) is 33.2 Å². The third-order valence-electron chi connectivity index (χ3n) is 4.00. The van der Waals surface area contributed by atoms with Crippen molar-refractivity contribution in [1.29, 1.82) is 0 Å². The smallest absolute Gasteiger partial charge is 0.00358 e. The number of nitrogens with one attached hydrogen (secondary N) is 1. The molecule has 1 fully saturated rings. The molecule has 0 radical (unpaired) electrons. The van der Waals surface area contributed by atoms with E-state index in [0.717, 1.165) is 11.8 Å². The quantitative estimate of drug-likeness (QED) is 0.775. The first-order valence-electron chi connectivity index (χ1n) is 6.82. The second kappa shape index (κ2) is 6.02. The average Bonchev–Trinajstić information content (AvgIpc) is 2.18. The molecule has 1 aliphatic rings. The lowest BCUT2D eigenvalue weighted by Gasteiger charge is -2.44. The molecule has 2 heteroatoms. The molecule has 2 nitrogen and oxygen atoms in total. The van der Waals surface area contributed by atoms with Gasteiger partial charge in [-0.3, -0.25) is 0 Å². The summed E-state index contributed by atoms with van der Waals surface area (Å²) in [6.45, 7) is 14.5. The zero-order chi connectivity index (χ0) is 12.2. The molecule has 0 spiro atoms. The summed E-state index contributed by atoms with van der Waals surface area (Å²) in [5.74, 6) is 1.67. The van der Waals surface area contributed by atoms with E-state index in [1.165, 1.54) is 39.0 Å². The minimum atomic E-state index is 0.470. The molecule has 0 aromatic heterocycles. The predicted octanol–water partition coefficient (Wildman–Crippen LogP) is 2.60. The van der Waals surface area contributed by atoms with Crippen molar-refractivity contribution in [2.45, 2.75) is 40.5 Å². The highest BCUT2D eigenvalue weighted by Crippen LogP contribution is 2.34. The van der Waals surface area contributed by atoms with Gasteiger partial charge in [0.25, 0.3) is 0 Å². The Morgan fingerprint density at radius 3 is 2.56 bits per heavy atom. The van der Waals surface area contributed by atoms with Crippen LogP contribution < -0.4 is 5.32 Å². The van der Waals surface area contributed by atoms with Crippen molar-refractivity contribution >= 4 is 0 Å². The van der Waals surface area contributed by atoms with Gasteiger partial charge in [-0.15, -0.1) is 0 Å². The fourth-order valence-electron chi connectivity index (χ4n) is 2.77. The Bertz CT molecular complexity index is 199. The Morgan fingerprint density at radius 1 is 1.38 bits per heavy atom. The van der Waals surface area contributed by atoms with Crippen molar-refractivity contribution in [3.8, 4) is 0 Å². The molecular weight excluding hydrogens is 196 g/mol. The van der Waals surface area contributed by atoms with Crippen LogP contribution in [0.2, 0.25) is 0 Å². The van der Waals surface area contributed by atoms with Crippen LogP contribution in [-0.2, 0) is 0 Å². The maximum atomic E-state index is 3.34. The van der Waals surface area contributed by atoms with E-state index in [4.69, 9.17) is 0 Å². The Kier molecular flexibility index (Phi) is 5.26. The van der Waals surface area contributed by atoms with E-state index in [1.54, 1.807) is 0 Å². The van der Waals surface area contributed by atoms with Crippen molar-refractivity contribution in [3.63, 3.8) is 0 Å². The third-order valence-corrected chi connectivity index (χ3v) is 4.00. The fourth-order valence-corrected chi connectivity index (χ4v) is 2.77. The number of likely N-dealkylation sites (tertiary alicyclic amines) is 1. The summed E-state index contributed by atoms with van der Waals surface area (Å²) in [6.07, 6.45) is 2.69. The summed E-state index contributed by atoms with van der Waals surface area (Å²) in [7, 11) is 2.07. The highest BCUT2D eigenvalue weighted by Gasteiger charge is 2.34. The second-order valence-electron chi connectivity index (χ2n) is 6.49. The van der Waals surface area contributed by atoms with Gasteiger partial charge in [0.15, 0.2) is 0 Å². The van der Waals surface area contributed by atoms with Crippen LogP contribution in [0, 0.1) is 17.3 Å². The van der Waals surface area contributed by atoms with E-state index in [-0.39, 0.29) is 0 Å². The third kappa shape index (κ3) is 4.06. The minimum absolute atomic E-state index is 0.470. The van der Waals surface area contributed by atoms with Crippen LogP contribution in [0.3, 0.4) is 0 Å². The summed E-state index contributed by atoms with van der Waals surface area (Å²) in [6, 6.07) is 0. The number of hydrogen-bond acceptors (Lipinski definition) is 2. The van der Waals surface area contributed by atoms with Crippen LogP contribution in [-0.4, -0.2) is 38.1 Å². The van der Waals surface area contributed by atoms with Gasteiger partial charge in [-0.1, -0.05) is 27.7 Å². The van der Waals surface area contributed by atoms with E-state index in [0.29, 0.717) is 5.41 Å². The summed E-state index contributed by atoms with van der Waals surface area (Å²) < 4.78 is 0. The van der Waals surface area contributed by atoms with Crippen LogP contribution in [0.5, 0.6) is 0 Å². The molecule has 1 aliphatic heterocycles. The van der Waals surface area contributed by atoms with Crippen molar-refractivity contribution < 1.29 is 0 Å². The molecule has 96 valence electrons. The van der Waals surface area contributed by atoms with Gasteiger partial charge >= 0.3 is 0 Å². The van der Waals surface area contributed by atoms with Crippen LogP contribution in [0.4, 0.5) is 0 Å². The van der Waals surface area contributed by atoms with Crippen LogP contribution in [0.15, 0.2) is 0 Å². The monoisotopic (exact) mass is 226 g/mol. The van der Waals surface area contributed by atoms with Crippen molar-refractivity contribution in [2.24, 2.45) is 17.3 Å². The minimum Gasteiger partial charge on any atom is -0.319 e. The summed E-state index contributed by atoms with van der Waals surface area (Å²) in [5.41, 5.74) is 0.470. The zero-order valence-electron chi connectivity index (χ0n) is 11.8. The number of rotatable bonds is 5. The number of piperidine rings is 1. The van der Waals surface area contributed by atoms with Gasteiger partial charge in [-0.25, -0.2) is 0 Å². The Balaban J connectivity index is 2.40. The first-order chi connectivity index (χ1) is 7.45. The van der Waals surface area contributed by atoms with Gasteiger partial charge in [-0.05, 0) is 56.8 Å². The van der Waals surface area contributed by atoms with Crippen LogP contribution in [0.25, 0.3) is 0 Å². The van der Waals surface area contributed by atoms with E-state index in [2.05, 4.69) is 45.0 Å². The lowest BCUT2D eigenvalue weighted by atomic mass is 9.74. The van der Waals surface area contributed by atoms with Gasteiger partial charge in [0.1, 0.15) is 0 Å². The number of hydrogen-bond donors (Lipinski definition) is 1. The van der Waals surface area contributed by atoms with Gasteiger partial charge in [0.2, 0.25) is 0 Å². The maximum absolute atomic E-state index is 3.34. The standard InChI is InChI=1S/C14H30N2/c1-12(2)6-8-16-9-7-13(10-15-5)14(3,4)11-16/h12-13,15H,6-11H2,1-5H3. The summed E-state index contributed by atoms with van der Waals surface area (Å²) in [4.78, 5) is 2.66. The molecule has 0 aromatic rings. The van der Waals surface area contributed by atoms with Crippen LogP contribution in [0.1, 0.15) is 40.5 Å². The topological polar surface area (TPSA) is 15.3 Å². The Labute approximate surface area is 102 Å². The first-order valence-corrected chi connectivity index (χ1v) is 6.82. The van der Waals surface area contributed by atoms with Crippen molar-refractivity contribution in [1.82, 2.24) is 10.2 Å². The highest BCUT2D eigenvalue weighted by molar-refractivity contribution is 4.88. The molecule has 1 rings (SSSR count). The van der Waals surface area contributed by atoms with Crippen LogP contribution >= 0.6 is 0 Å². The zero-order valence-corrected chi connectivity index (χ0v) is 11.8. The molecule has 1 unspecified atom stereocenters. The molecule has 0 aromatic carbocycles. The first kappa shape index (κ1) is 14.0. The van der Waals surface area contributed by atoms with E-state index in [9.17, 15) is 0 Å². The predicted molar refractivity (Wildman–Crippen MR) is 71.7 cm³/mol. The van der Waals surface area contributed by atoms with Gasteiger partial charge in [0.05, 0.1) is 0 Å². The molecule has 1 N–H and O–H groups in total. The normalized spacial score (nSPS) is 26.2. The van der Waals surface area contributed by atoms with E-state index in [1.807, 2.05) is 0 Å². The molecule has 0 bridgehead atoms. The second-order valence-corrected chi connectivity index (χ2v) is 6.49. The summed E-state index contributed by atoms with van der Waals surface area (Å²) >= 11 is 0. The molecule has 1 heterocycles. The van der Waals surface area contributed by atoms with Gasteiger partial charge < -0.3 is 10.2 Å². The maximum Gasteiger partial charge on any atom is 0.00358 e. The Morgan fingerprint density at radius 2 is 2.06 bits per heavy atom. The average molecular weight is 226 g/mol. The molecule has 1 atom stereocenters. The van der Waals surface area contributed by atoms with Crippen molar-refractivity contribution in [3.05, 3.63) is 0 Å². The molecule has 0 saturated carbocycles.